The SMILES string of the molecule is CC(C)Oc1cccc(CCCNC(=O)[C@H](C)N(c2cccc(F)c2)S(C)(=O)=O)c1. The zero-order valence-corrected chi connectivity index (χ0v) is 18.6. The van der Waals surface area contributed by atoms with Crippen molar-refractivity contribution in [2.24, 2.45) is 0 Å². The van der Waals surface area contributed by atoms with E-state index < -0.39 is 27.8 Å². The molecule has 0 radical (unpaired) electrons. The molecule has 6 nitrogen and oxygen atoms in total. The summed E-state index contributed by atoms with van der Waals surface area (Å²) < 4.78 is 44.6. The zero-order valence-electron chi connectivity index (χ0n) is 17.8. The van der Waals surface area contributed by atoms with Crippen molar-refractivity contribution in [1.82, 2.24) is 5.32 Å². The topological polar surface area (TPSA) is 75.7 Å². The Morgan fingerprint density at radius 2 is 1.83 bits per heavy atom. The molecule has 2 rings (SSSR count). The number of halogens is 1. The van der Waals surface area contributed by atoms with Gasteiger partial charge in [-0.25, -0.2) is 12.8 Å². The summed E-state index contributed by atoms with van der Waals surface area (Å²) in [6.07, 6.45) is 2.51. The first-order valence-corrected chi connectivity index (χ1v) is 11.7. The van der Waals surface area contributed by atoms with Crippen LogP contribution in [-0.2, 0) is 21.2 Å². The average Bonchev–Trinajstić information content (AvgIpc) is 2.64. The highest BCUT2D eigenvalue weighted by Gasteiger charge is 2.29. The van der Waals surface area contributed by atoms with Crippen LogP contribution in [0.4, 0.5) is 10.1 Å². The lowest BCUT2D eigenvalue weighted by molar-refractivity contribution is -0.121. The highest BCUT2D eigenvalue weighted by molar-refractivity contribution is 7.92. The summed E-state index contributed by atoms with van der Waals surface area (Å²) in [5.41, 5.74) is 1.20. The van der Waals surface area contributed by atoms with Crippen LogP contribution < -0.4 is 14.4 Å². The van der Waals surface area contributed by atoms with Gasteiger partial charge in [-0.2, -0.15) is 0 Å². The minimum Gasteiger partial charge on any atom is -0.491 e. The Kier molecular flexibility index (Phi) is 8.23. The summed E-state index contributed by atoms with van der Waals surface area (Å²) in [6.45, 7) is 5.80. The van der Waals surface area contributed by atoms with Crippen LogP contribution in [0.5, 0.6) is 5.75 Å². The Morgan fingerprint density at radius 1 is 1.13 bits per heavy atom. The number of nitrogens with one attached hydrogen (secondary N) is 1. The number of benzene rings is 2. The van der Waals surface area contributed by atoms with Crippen molar-refractivity contribution in [2.75, 3.05) is 17.1 Å². The highest BCUT2D eigenvalue weighted by atomic mass is 32.2. The monoisotopic (exact) mass is 436 g/mol. The van der Waals surface area contributed by atoms with Crippen LogP contribution in [-0.4, -0.2) is 39.3 Å². The maximum atomic E-state index is 13.6. The molecule has 0 aliphatic heterocycles. The predicted octanol–water partition coefficient (Wildman–Crippen LogP) is 3.52. The standard InChI is InChI=1S/C22H29FN2O4S/c1-16(2)29-21-12-5-8-18(14-21)9-7-13-24-22(26)17(3)25(30(4,27)28)20-11-6-10-19(23)15-20/h5-6,8,10-12,14-17H,7,9,13H2,1-4H3,(H,24,26)/t17-/m0/s1. The average molecular weight is 437 g/mol. The van der Waals surface area contributed by atoms with Crippen molar-refractivity contribution >= 4 is 21.6 Å². The molecule has 1 atom stereocenters. The number of rotatable bonds is 10. The molecule has 0 aliphatic rings. The van der Waals surface area contributed by atoms with Crippen LogP contribution >= 0.6 is 0 Å². The molecule has 0 saturated heterocycles. The Labute approximate surface area is 178 Å². The third-order valence-electron chi connectivity index (χ3n) is 4.36. The number of hydrogen-bond donors (Lipinski definition) is 1. The molecule has 0 aliphatic carbocycles. The van der Waals surface area contributed by atoms with Gasteiger partial charge in [0, 0.05) is 6.54 Å². The normalized spacial score (nSPS) is 12.5. The first kappa shape index (κ1) is 23.7. The third kappa shape index (κ3) is 7.02. The van der Waals surface area contributed by atoms with Crippen molar-refractivity contribution in [1.29, 1.82) is 0 Å². The van der Waals surface area contributed by atoms with Gasteiger partial charge in [0.1, 0.15) is 17.6 Å². The molecule has 8 heteroatoms. The van der Waals surface area contributed by atoms with Crippen LogP contribution in [0.15, 0.2) is 48.5 Å². The van der Waals surface area contributed by atoms with E-state index >= 15 is 0 Å². The molecule has 1 N–H and O–H groups in total. The Bertz CT molecular complexity index is 963. The van der Waals surface area contributed by atoms with Crippen LogP contribution in [0.2, 0.25) is 0 Å². The molecule has 2 aromatic rings. The molecule has 30 heavy (non-hydrogen) atoms. The fourth-order valence-corrected chi connectivity index (χ4v) is 4.29. The number of carbonyl (C=O) groups is 1. The largest absolute Gasteiger partial charge is 0.491 e. The highest BCUT2D eigenvalue weighted by Crippen LogP contribution is 2.21. The molecule has 0 heterocycles. The van der Waals surface area contributed by atoms with Crippen molar-refractivity contribution < 1.29 is 22.3 Å². The lowest BCUT2D eigenvalue weighted by atomic mass is 10.1. The summed E-state index contributed by atoms with van der Waals surface area (Å²) in [6, 6.07) is 12.0. The summed E-state index contributed by atoms with van der Waals surface area (Å²) in [4.78, 5) is 12.5. The van der Waals surface area contributed by atoms with Gasteiger partial charge in [-0.1, -0.05) is 18.2 Å². The fourth-order valence-electron chi connectivity index (χ4n) is 3.12. The van der Waals surface area contributed by atoms with Gasteiger partial charge in [-0.15, -0.1) is 0 Å². The minimum atomic E-state index is -3.78. The van der Waals surface area contributed by atoms with Crippen LogP contribution in [0.3, 0.4) is 0 Å². The number of ether oxygens (including phenoxy) is 1. The second-order valence-electron chi connectivity index (χ2n) is 7.42. The van der Waals surface area contributed by atoms with Crippen molar-refractivity contribution in [2.45, 2.75) is 45.8 Å². The fraction of sp³-hybridized carbons (Fsp3) is 0.409. The van der Waals surface area contributed by atoms with E-state index in [-0.39, 0.29) is 11.8 Å². The molecular weight excluding hydrogens is 407 g/mol. The van der Waals surface area contributed by atoms with E-state index in [2.05, 4.69) is 5.32 Å². The maximum Gasteiger partial charge on any atom is 0.243 e. The van der Waals surface area contributed by atoms with E-state index in [9.17, 15) is 17.6 Å². The maximum absolute atomic E-state index is 13.6. The number of aryl methyl sites for hydroxylation is 1. The van der Waals surface area contributed by atoms with Crippen molar-refractivity contribution in [3.8, 4) is 5.75 Å². The molecule has 0 spiro atoms. The second kappa shape index (κ2) is 10.4. The smallest absolute Gasteiger partial charge is 0.243 e. The molecular formula is C22H29FN2O4S. The van der Waals surface area contributed by atoms with Gasteiger partial charge in [0.25, 0.3) is 0 Å². The molecule has 1 amide bonds. The minimum absolute atomic E-state index is 0.0944. The zero-order chi connectivity index (χ0) is 22.3. The lowest BCUT2D eigenvalue weighted by Gasteiger charge is -2.28. The van der Waals surface area contributed by atoms with Gasteiger partial charge in [0.2, 0.25) is 15.9 Å². The quantitative estimate of drug-likeness (QED) is 0.578. The van der Waals surface area contributed by atoms with E-state index in [0.717, 1.165) is 34.4 Å². The molecule has 0 unspecified atom stereocenters. The summed E-state index contributed by atoms with van der Waals surface area (Å²) >= 11 is 0. The van der Waals surface area contributed by atoms with E-state index in [1.54, 1.807) is 0 Å². The molecule has 0 bridgehead atoms. The molecule has 164 valence electrons. The number of sulfonamides is 1. The third-order valence-corrected chi connectivity index (χ3v) is 5.60. The Balaban J connectivity index is 1.95. The Hall–Kier alpha value is -2.61. The molecule has 2 aromatic carbocycles. The van der Waals surface area contributed by atoms with Gasteiger partial charge in [0.05, 0.1) is 18.0 Å². The van der Waals surface area contributed by atoms with Gasteiger partial charge >= 0.3 is 0 Å². The van der Waals surface area contributed by atoms with Crippen LogP contribution in [0, 0.1) is 5.82 Å². The number of amides is 1. The van der Waals surface area contributed by atoms with Gasteiger partial charge < -0.3 is 10.1 Å². The summed E-state index contributed by atoms with van der Waals surface area (Å²) in [5.74, 6) is -0.210. The first-order chi connectivity index (χ1) is 14.1. The second-order valence-corrected chi connectivity index (χ2v) is 9.28. The molecule has 0 fully saturated rings. The number of hydrogen-bond acceptors (Lipinski definition) is 4. The lowest BCUT2D eigenvalue weighted by Crippen LogP contribution is -2.48. The summed E-state index contributed by atoms with van der Waals surface area (Å²) in [7, 11) is -3.78. The number of anilines is 1. The van der Waals surface area contributed by atoms with Crippen LogP contribution in [0.25, 0.3) is 0 Å². The summed E-state index contributed by atoms with van der Waals surface area (Å²) in [5, 5.41) is 2.77. The van der Waals surface area contributed by atoms with Gasteiger partial charge in [0.15, 0.2) is 0 Å². The first-order valence-electron chi connectivity index (χ1n) is 9.86. The van der Waals surface area contributed by atoms with E-state index in [1.807, 2.05) is 38.1 Å². The Morgan fingerprint density at radius 3 is 2.47 bits per heavy atom. The van der Waals surface area contributed by atoms with E-state index in [1.165, 1.54) is 25.1 Å². The van der Waals surface area contributed by atoms with Crippen molar-refractivity contribution in [3.63, 3.8) is 0 Å². The van der Waals surface area contributed by atoms with Gasteiger partial charge in [-0.05, 0) is 69.5 Å². The van der Waals surface area contributed by atoms with Gasteiger partial charge in [-0.3, -0.25) is 9.10 Å². The molecule has 0 aromatic heterocycles. The van der Waals surface area contributed by atoms with Crippen molar-refractivity contribution in [3.05, 3.63) is 59.9 Å². The number of nitrogens with zero attached hydrogens (tertiary/aromatic N) is 1. The van der Waals surface area contributed by atoms with E-state index in [4.69, 9.17) is 4.74 Å². The predicted molar refractivity (Wildman–Crippen MR) is 117 cm³/mol. The van der Waals surface area contributed by atoms with Crippen LogP contribution in [0.1, 0.15) is 32.8 Å². The number of carbonyl (C=O) groups excluding carboxylic acids is 1. The molecule has 0 saturated carbocycles. The van der Waals surface area contributed by atoms with E-state index in [0.29, 0.717) is 13.0 Å².